The summed E-state index contributed by atoms with van der Waals surface area (Å²) < 4.78 is 4.69. The molecule has 58 valence electrons. The van der Waals surface area contributed by atoms with Crippen LogP contribution in [0, 0.1) is 5.41 Å². The molecule has 0 amide bonds. The maximum atomic E-state index is 11.1. The van der Waals surface area contributed by atoms with E-state index in [4.69, 9.17) is 4.74 Å². The lowest BCUT2D eigenvalue weighted by Gasteiger charge is -2.09. The van der Waals surface area contributed by atoms with Crippen LogP contribution in [0.3, 0.4) is 0 Å². The van der Waals surface area contributed by atoms with Crippen LogP contribution in [0.15, 0.2) is 0 Å². The highest BCUT2D eigenvalue weighted by Crippen LogP contribution is 2.50. The quantitative estimate of drug-likeness (QED) is 0.561. The van der Waals surface area contributed by atoms with Crippen molar-refractivity contribution in [1.82, 2.24) is 0 Å². The van der Waals surface area contributed by atoms with E-state index in [-0.39, 0.29) is 11.4 Å². The summed E-state index contributed by atoms with van der Waals surface area (Å²) in [5.74, 6) is -0.00523. The Kier molecular flexibility index (Phi) is 1.97. The molecular weight excluding hydrogens is 128 g/mol. The van der Waals surface area contributed by atoms with Crippen LogP contribution < -0.4 is 0 Å². The lowest BCUT2D eigenvalue weighted by molar-refractivity contribution is -0.147. The van der Waals surface area contributed by atoms with Gasteiger partial charge >= 0.3 is 5.97 Å². The Morgan fingerprint density at radius 3 is 2.50 bits per heavy atom. The number of hydrogen-bond acceptors (Lipinski definition) is 2. The molecule has 0 bridgehead atoms. The molecule has 0 aromatic rings. The number of ether oxygens (including phenoxy) is 1. The molecule has 10 heavy (non-hydrogen) atoms. The second-order valence-corrected chi connectivity index (χ2v) is 3.02. The van der Waals surface area contributed by atoms with Gasteiger partial charge in [0.05, 0.1) is 12.5 Å². The third kappa shape index (κ3) is 1.15. The van der Waals surface area contributed by atoms with Crippen molar-refractivity contribution < 1.29 is 9.53 Å². The van der Waals surface area contributed by atoms with Gasteiger partial charge in [0.15, 0.2) is 0 Å². The molecule has 1 saturated carbocycles. The predicted molar refractivity (Wildman–Crippen MR) is 38.6 cm³/mol. The Morgan fingerprint density at radius 1 is 1.60 bits per heavy atom. The highest BCUT2D eigenvalue weighted by atomic mass is 16.5. The van der Waals surface area contributed by atoms with Crippen molar-refractivity contribution in [1.29, 1.82) is 0 Å². The summed E-state index contributed by atoms with van der Waals surface area (Å²) in [4.78, 5) is 11.1. The van der Waals surface area contributed by atoms with Gasteiger partial charge < -0.3 is 4.74 Å². The van der Waals surface area contributed by atoms with Crippen LogP contribution in [0.2, 0.25) is 0 Å². The molecule has 0 aromatic heterocycles. The van der Waals surface area contributed by atoms with Crippen LogP contribution in [0.4, 0.5) is 0 Å². The zero-order valence-electron chi connectivity index (χ0n) is 6.64. The molecule has 1 fully saturated rings. The normalized spacial score (nSPS) is 20.2. The molecule has 0 aromatic carbocycles. The Balaban J connectivity index is 2.43. The first-order valence-electron chi connectivity index (χ1n) is 3.83. The van der Waals surface area contributed by atoms with E-state index in [9.17, 15) is 4.79 Å². The Morgan fingerprint density at radius 2 is 2.20 bits per heavy atom. The fourth-order valence-electron chi connectivity index (χ4n) is 1.40. The fraction of sp³-hybridized carbons (Fsp3) is 0.875. The molecular formula is C8H14O2. The van der Waals surface area contributed by atoms with Crippen LogP contribution >= 0.6 is 0 Å². The van der Waals surface area contributed by atoms with Gasteiger partial charge in [-0.3, -0.25) is 4.79 Å². The van der Waals surface area contributed by atoms with Crippen molar-refractivity contribution in [3.8, 4) is 0 Å². The molecule has 0 saturated heterocycles. The van der Waals surface area contributed by atoms with Gasteiger partial charge in [-0.05, 0) is 19.3 Å². The summed E-state index contributed by atoms with van der Waals surface area (Å²) in [6.07, 6.45) is 4.15. The second-order valence-electron chi connectivity index (χ2n) is 3.02. The smallest absolute Gasteiger partial charge is 0.311 e. The molecule has 0 spiro atoms. The van der Waals surface area contributed by atoms with Crippen molar-refractivity contribution in [2.24, 2.45) is 5.41 Å². The van der Waals surface area contributed by atoms with E-state index < -0.39 is 0 Å². The van der Waals surface area contributed by atoms with Gasteiger partial charge in [0.2, 0.25) is 0 Å². The van der Waals surface area contributed by atoms with Crippen LogP contribution in [-0.4, -0.2) is 13.1 Å². The molecule has 1 aliphatic rings. The summed E-state index contributed by atoms with van der Waals surface area (Å²) in [7, 11) is 1.47. The summed E-state index contributed by atoms with van der Waals surface area (Å²) in [5.41, 5.74) is -0.0521. The number of carbonyl (C=O) groups excluding carboxylic acids is 1. The average Bonchev–Trinajstić information content (AvgIpc) is 2.69. The molecule has 0 radical (unpaired) electrons. The van der Waals surface area contributed by atoms with E-state index in [1.54, 1.807) is 0 Å². The van der Waals surface area contributed by atoms with Crippen LogP contribution in [-0.2, 0) is 9.53 Å². The van der Waals surface area contributed by atoms with Crippen molar-refractivity contribution in [3.05, 3.63) is 0 Å². The molecule has 2 heteroatoms. The summed E-state index contributed by atoms with van der Waals surface area (Å²) in [5, 5.41) is 0. The Labute approximate surface area is 61.6 Å². The fourth-order valence-corrected chi connectivity index (χ4v) is 1.40. The average molecular weight is 142 g/mol. The van der Waals surface area contributed by atoms with Crippen molar-refractivity contribution in [2.75, 3.05) is 7.11 Å². The summed E-state index contributed by atoms with van der Waals surface area (Å²) in [6, 6.07) is 0. The van der Waals surface area contributed by atoms with Crippen molar-refractivity contribution >= 4 is 5.97 Å². The van der Waals surface area contributed by atoms with E-state index in [1.807, 2.05) is 0 Å². The van der Waals surface area contributed by atoms with Gasteiger partial charge in [0.1, 0.15) is 0 Å². The maximum Gasteiger partial charge on any atom is 0.311 e. The van der Waals surface area contributed by atoms with E-state index >= 15 is 0 Å². The lowest BCUT2D eigenvalue weighted by atomic mass is 10.0. The number of esters is 1. The molecule has 0 atom stereocenters. The van der Waals surface area contributed by atoms with Gasteiger partial charge in [0.25, 0.3) is 0 Å². The first kappa shape index (κ1) is 7.58. The van der Waals surface area contributed by atoms with E-state index in [0.29, 0.717) is 0 Å². The summed E-state index contributed by atoms with van der Waals surface area (Å²) >= 11 is 0. The topological polar surface area (TPSA) is 26.3 Å². The largest absolute Gasteiger partial charge is 0.469 e. The summed E-state index contributed by atoms with van der Waals surface area (Å²) in [6.45, 7) is 2.10. The molecule has 1 rings (SSSR count). The zero-order chi connectivity index (χ0) is 7.61. The van der Waals surface area contributed by atoms with Crippen LogP contribution in [0.25, 0.3) is 0 Å². The Hall–Kier alpha value is -0.530. The third-order valence-corrected chi connectivity index (χ3v) is 2.20. The minimum Gasteiger partial charge on any atom is -0.469 e. The van der Waals surface area contributed by atoms with Crippen LogP contribution in [0.5, 0.6) is 0 Å². The van der Waals surface area contributed by atoms with Crippen molar-refractivity contribution in [2.45, 2.75) is 32.6 Å². The van der Waals surface area contributed by atoms with Crippen LogP contribution in [0.1, 0.15) is 32.6 Å². The standard InChI is InChI=1S/C8H14O2/c1-3-4-8(5-6-8)7(9)10-2/h3-6H2,1-2H3. The highest BCUT2D eigenvalue weighted by molar-refractivity contribution is 5.79. The molecule has 0 heterocycles. The molecule has 0 aliphatic heterocycles. The van der Waals surface area contributed by atoms with Gasteiger partial charge in [-0.15, -0.1) is 0 Å². The highest BCUT2D eigenvalue weighted by Gasteiger charge is 2.49. The number of hydrogen-bond donors (Lipinski definition) is 0. The van der Waals surface area contributed by atoms with Gasteiger partial charge in [-0.1, -0.05) is 13.3 Å². The van der Waals surface area contributed by atoms with E-state index in [1.165, 1.54) is 7.11 Å². The molecule has 1 aliphatic carbocycles. The molecule has 0 unspecified atom stereocenters. The monoisotopic (exact) mass is 142 g/mol. The minimum absolute atomic E-state index is 0.00523. The first-order chi connectivity index (χ1) is 4.75. The maximum absolute atomic E-state index is 11.1. The first-order valence-corrected chi connectivity index (χ1v) is 3.83. The van der Waals surface area contributed by atoms with Crippen molar-refractivity contribution in [3.63, 3.8) is 0 Å². The minimum atomic E-state index is -0.0521. The zero-order valence-corrected chi connectivity index (χ0v) is 6.64. The van der Waals surface area contributed by atoms with Gasteiger partial charge in [0, 0.05) is 0 Å². The van der Waals surface area contributed by atoms with E-state index in [2.05, 4.69) is 6.92 Å². The number of rotatable bonds is 3. The molecule has 2 nitrogen and oxygen atoms in total. The lowest BCUT2D eigenvalue weighted by Crippen LogP contribution is -2.16. The third-order valence-electron chi connectivity index (χ3n) is 2.20. The second kappa shape index (κ2) is 2.60. The number of carbonyl (C=O) groups is 1. The van der Waals surface area contributed by atoms with Gasteiger partial charge in [-0.2, -0.15) is 0 Å². The molecule has 0 N–H and O–H groups in total. The van der Waals surface area contributed by atoms with Gasteiger partial charge in [-0.25, -0.2) is 0 Å². The predicted octanol–water partition coefficient (Wildman–Crippen LogP) is 1.74. The SMILES string of the molecule is CCCC1(C(=O)OC)CC1. The van der Waals surface area contributed by atoms with E-state index in [0.717, 1.165) is 25.7 Å². The Bertz CT molecular complexity index is 136. The number of methoxy groups -OCH3 is 1.